The minimum absolute atomic E-state index is 0.153. The fourth-order valence-corrected chi connectivity index (χ4v) is 3.70. The Morgan fingerprint density at radius 2 is 1.85 bits per heavy atom. The monoisotopic (exact) mass is 393 g/mol. The number of nitrogens with zero attached hydrogens (tertiary/aromatic N) is 3. The van der Waals surface area contributed by atoms with Crippen LogP contribution in [-0.2, 0) is 6.18 Å². The van der Waals surface area contributed by atoms with E-state index in [2.05, 4.69) is 4.98 Å². The zero-order valence-corrected chi connectivity index (χ0v) is 15.6. The molecule has 8 heteroatoms. The van der Waals surface area contributed by atoms with E-state index >= 15 is 0 Å². The Morgan fingerprint density at radius 3 is 2.56 bits per heavy atom. The van der Waals surface area contributed by atoms with Crippen molar-refractivity contribution < 1.29 is 13.2 Å². The molecule has 0 aliphatic carbocycles. The first-order valence-electron chi connectivity index (χ1n) is 8.24. The Morgan fingerprint density at radius 1 is 1.11 bits per heavy atom. The average molecular weight is 393 g/mol. The van der Waals surface area contributed by atoms with Gasteiger partial charge in [0.15, 0.2) is 5.16 Å². The van der Waals surface area contributed by atoms with Gasteiger partial charge in [0.05, 0.1) is 22.2 Å². The van der Waals surface area contributed by atoms with Crippen molar-refractivity contribution in [3.8, 4) is 5.69 Å². The zero-order chi connectivity index (χ0) is 19.6. The molecule has 0 fully saturated rings. The second kappa shape index (κ2) is 7.74. The SMILES string of the molecule is CN(C)CCSc1nc2ccccc2c(=O)n1-c1cccc(C(F)(F)F)c1. The molecule has 0 aliphatic rings. The van der Waals surface area contributed by atoms with Gasteiger partial charge in [0.25, 0.3) is 5.56 Å². The molecule has 0 atom stereocenters. The molecule has 0 radical (unpaired) electrons. The van der Waals surface area contributed by atoms with Crippen molar-refractivity contribution in [2.75, 3.05) is 26.4 Å². The van der Waals surface area contributed by atoms with Gasteiger partial charge in [-0.2, -0.15) is 13.2 Å². The number of hydrogen-bond donors (Lipinski definition) is 0. The summed E-state index contributed by atoms with van der Waals surface area (Å²) in [4.78, 5) is 19.5. The van der Waals surface area contributed by atoms with E-state index in [4.69, 9.17) is 0 Å². The molecule has 2 aromatic carbocycles. The first kappa shape index (κ1) is 19.4. The van der Waals surface area contributed by atoms with Gasteiger partial charge in [0.1, 0.15) is 0 Å². The number of thioether (sulfide) groups is 1. The van der Waals surface area contributed by atoms with Gasteiger partial charge in [0.2, 0.25) is 0 Å². The largest absolute Gasteiger partial charge is 0.416 e. The third-order valence-corrected chi connectivity index (χ3v) is 4.87. The second-order valence-electron chi connectivity index (χ2n) is 6.25. The summed E-state index contributed by atoms with van der Waals surface area (Å²) < 4.78 is 40.6. The van der Waals surface area contributed by atoms with Crippen molar-refractivity contribution in [1.29, 1.82) is 0 Å². The highest BCUT2D eigenvalue weighted by Crippen LogP contribution is 2.31. The third-order valence-electron chi connectivity index (χ3n) is 3.95. The number of fused-ring (bicyclic) bond motifs is 1. The van der Waals surface area contributed by atoms with E-state index in [0.717, 1.165) is 18.7 Å². The molecule has 1 aromatic heterocycles. The van der Waals surface area contributed by atoms with Gasteiger partial charge in [-0.25, -0.2) is 4.98 Å². The normalized spacial score (nSPS) is 12.1. The van der Waals surface area contributed by atoms with E-state index in [-0.39, 0.29) is 11.2 Å². The topological polar surface area (TPSA) is 38.1 Å². The first-order valence-corrected chi connectivity index (χ1v) is 9.23. The summed E-state index contributed by atoms with van der Waals surface area (Å²) in [5.41, 5.74) is -0.505. The van der Waals surface area contributed by atoms with Crippen molar-refractivity contribution in [3.05, 3.63) is 64.4 Å². The predicted octanol–water partition coefficient (Wildman–Crippen LogP) is 4.06. The Hall–Kier alpha value is -2.32. The Bertz CT molecular complexity index is 1010. The van der Waals surface area contributed by atoms with Crippen LogP contribution in [0.5, 0.6) is 0 Å². The number of hydrogen-bond acceptors (Lipinski definition) is 4. The molecule has 0 spiro atoms. The summed E-state index contributed by atoms with van der Waals surface area (Å²) in [6, 6.07) is 11.6. The van der Waals surface area contributed by atoms with Crippen molar-refractivity contribution in [3.63, 3.8) is 0 Å². The highest BCUT2D eigenvalue weighted by Gasteiger charge is 2.30. The average Bonchev–Trinajstić information content (AvgIpc) is 2.61. The molecule has 0 unspecified atom stereocenters. The smallest absolute Gasteiger partial charge is 0.309 e. The van der Waals surface area contributed by atoms with Gasteiger partial charge in [-0.3, -0.25) is 9.36 Å². The lowest BCUT2D eigenvalue weighted by molar-refractivity contribution is -0.137. The first-order chi connectivity index (χ1) is 12.8. The van der Waals surface area contributed by atoms with Gasteiger partial charge in [0, 0.05) is 12.3 Å². The lowest BCUT2D eigenvalue weighted by atomic mass is 10.2. The Kier molecular flexibility index (Phi) is 5.57. The molecular formula is C19H18F3N3OS. The van der Waals surface area contributed by atoms with E-state index in [1.807, 2.05) is 19.0 Å². The van der Waals surface area contributed by atoms with Crippen LogP contribution in [0.3, 0.4) is 0 Å². The Labute approximate surface area is 158 Å². The molecule has 0 saturated carbocycles. The molecule has 0 amide bonds. The van der Waals surface area contributed by atoms with Crippen LogP contribution in [0, 0.1) is 0 Å². The van der Waals surface area contributed by atoms with Crippen LogP contribution in [0.2, 0.25) is 0 Å². The van der Waals surface area contributed by atoms with Crippen molar-refractivity contribution in [2.24, 2.45) is 0 Å². The highest BCUT2D eigenvalue weighted by atomic mass is 32.2. The number of aromatic nitrogens is 2. The summed E-state index contributed by atoms with van der Waals surface area (Å²) in [5, 5.41) is 0.742. The standard InChI is InChI=1S/C19H18F3N3OS/c1-24(2)10-11-27-18-23-16-9-4-3-8-15(16)17(26)25(18)14-7-5-6-13(12-14)19(20,21)22/h3-9,12H,10-11H2,1-2H3. The van der Waals surface area contributed by atoms with Crippen LogP contribution in [-0.4, -0.2) is 40.8 Å². The van der Waals surface area contributed by atoms with E-state index in [0.29, 0.717) is 21.8 Å². The predicted molar refractivity (Wildman–Crippen MR) is 102 cm³/mol. The highest BCUT2D eigenvalue weighted by molar-refractivity contribution is 7.99. The van der Waals surface area contributed by atoms with Crippen molar-refractivity contribution >= 4 is 22.7 Å². The van der Waals surface area contributed by atoms with Crippen LogP contribution in [0.4, 0.5) is 13.2 Å². The van der Waals surface area contributed by atoms with Crippen LogP contribution in [0.15, 0.2) is 58.5 Å². The van der Waals surface area contributed by atoms with Crippen LogP contribution < -0.4 is 5.56 Å². The minimum atomic E-state index is -4.48. The summed E-state index contributed by atoms with van der Waals surface area (Å²) in [7, 11) is 3.85. The van der Waals surface area contributed by atoms with E-state index in [1.54, 1.807) is 24.3 Å². The molecule has 0 bridgehead atoms. The Balaban J connectivity index is 2.17. The van der Waals surface area contributed by atoms with Crippen molar-refractivity contribution in [2.45, 2.75) is 11.3 Å². The number of para-hydroxylation sites is 1. The molecule has 0 saturated heterocycles. The summed E-state index contributed by atoms with van der Waals surface area (Å²) in [5.74, 6) is 0.650. The molecule has 3 rings (SSSR count). The van der Waals surface area contributed by atoms with E-state index in [1.165, 1.54) is 28.5 Å². The van der Waals surface area contributed by atoms with E-state index < -0.39 is 11.7 Å². The van der Waals surface area contributed by atoms with Gasteiger partial charge in [-0.05, 0) is 44.4 Å². The van der Waals surface area contributed by atoms with Gasteiger partial charge in [-0.15, -0.1) is 0 Å². The fraction of sp³-hybridized carbons (Fsp3) is 0.263. The number of benzene rings is 2. The molecule has 3 aromatic rings. The molecule has 27 heavy (non-hydrogen) atoms. The second-order valence-corrected chi connectivity index (χ2v) is 7.31. The number of alkyl halides is 3. The number of rotatable bonds is 5. The molecule has 0 N–H and O–H groups in total. The van der Waals surface area contributed by atoms with Gasteiger partial charge >= 0.3 is 6.18 Å². The zero-order valence-electron chi connectivity index (χ0n) is 14.8. The maximum Gasteiger partial charge on any atom is 0.416 e. The molecule has 0 aliphatic heterocycles. The molecular weight excluding hydrogens is 375 g/mol. The molecule has 142 valence electrons. The van der Waals surface area contributed by atoms with Gasteiger partial charge in [-0.1, -0.05) is 30.0 Å². The fourth-order valence-electron chi connectivity index (χ4n) is 2.58. The maximum absolute atomic E-state index is 13.1. The van der Waals surface area contributed by atoms with Gasteiger partial charge < -0.3 is 4.90 Å². The summed E-state index contributed by atoms with van der Waals surface area (Å²) >= 11 is 1.34. The summed E-state index contributed by atoms with van der Waals surface area (Å²) in [6.07, 6.45) is -4.48. The molecule has 4 nitrogen and oxygen atoms in total. The van der Waals surface area contributed by atoms with Crippen LogP contribution >= 0.6 is 11.8 Å². The third kappa shape index (κ3) is 4.33. The van der Waals surface area contributed by atoms with Crippen molar-refractivity contribution in [1.82, 2.24) is 14.5 Å². The maximum atomic E-state index is 13.1. The molecule has 1 heterocycles. The summed E-state index contributed by atoms with van der Waals surface area (Å²) in [6.45, 7) is 0.746. The quantitative estimate of drug-likeness (QED) is 0.484. The minimum Gasteiger partial charge on any atom is -0.309 e. The van der Waals surface area contributed by atoms with Crippen LogP contribution in [0.25, 0.3) is 16.6 Å². The lowest BCUT2D eigenvalue weighted by Gasteiger charge is -2.15. The lowest BCUT2D eigenvalue weighted by Crippen LogP contribution is -2.23. The number of halogens is 3. The van der Waals surface area contributed by atoms with E-state index in [9.17, 15) is 18.0 Å². The van der Waals surface area contributed by atoms with Crippen LogP contribution in [0.1, 0.15) is 5.56 Å².